The predicted molar refractivity (Wildman–Crippen MR) is 90.9 cm³/mol. The molecule has 0 bridgehead atoms. The van der Waals surface area contributed by atoms with Crippen LogP contribution in [0.3, 0.4) is 0 Å². The van der Waals surface area contributed by atoms with E-state index in [-0.39, 0.29) is 12.0 Å². The van der Waals surface area contributed by atoms with Gasteiger partial charge in [-0.3, -0.25) is 4.79 Å². The highest BCUT2D eigenvalue weighted by molar-refractivity contribution is 5.79. The Balaban J connectivity index is 1.57. The number of hydrogen-bond donors (Lipinski definition) is 0. The Bertz CT molecular complexity index is 738. The second kappa shape index (κ2) is 7.83. The number of nitrogens with zero attached hydrogens (tertiary/aromatic N) is 3. The summed E-state index contributed by atoms with van der Waals surface area (Å²) in [7, 11) is 3.14. The van der Waals surface area contributed by atoms with Crippen LogP contribution >= 0.6 is 0 Å². The fraction of sp³-hybridized carbons (Fsp3) is 0.389. The number of amides is 1. The first kappa shape index (κ1) is 17.0. The maximum absolute atomic E-state index is 12.5. The molecule has 1 saturated heterocycles. The smallest absolute Gasteiger partial charge is 0.278 e. The lowest BCUT2D eigenvalue weighted by atomic mass is 10.1. The fourth-order valence-electron chi connectivity index (χ4n) is 2.81. The molecule has 0 N–H and O–H groups in total. The molecule has 132 valence electrons. The van der Waals surface area contributed by atoms with E-state index in [2.05, 4.69) is 9.97 Å². The molecule has 1 aliphatic rings. The van der Waals surface area contributed by atoms with Gasteiger partial charge in [0.1, 0.15) is 11.9 Å². The number of carbonyl (C=O) groups is 1. The topological polar surface area (TPSA) is 73.8 Å². The van der Waals surface area contributed by atoms with Crippen LogP contribution in [0.4, 0.5) is 0 Å². The van der Waals surface area contributed by atoms with Gasteiger partial charge in [0, 0.05) is 25.4 Å². The van der Waals surface area contributed by atoms with Crippen molar-refractivity contribution in [3.63, 3.8) is 0 Å². The minimum Gasteiger partial charge on any atom is -0.497 e. The summed E-state index contributed by atoms with van der Waals surface area (Å²) < 4.78 is 16.2. The highest BCUT2D eigenvalue weighted by Crippen LogP contribution is 2.24. The van der Waals surface area contributed by atoms with Crippen LogP contribution in [0.15, 0.2) is 36.7 Å². The van der Waals surface area contributed by atoms with E-state index in [1.807, 2.05) is 29.2 Å². The number of benzene rings is 1. The third-order valence-electron chi connectivity index (χ3n) is 4.09. The first-order valence-corrected chi connectivity index (χ1v) is 8.12. The molecule has 25 heavy (non-hydrogen) atoms. The van der Waals surface area contributed by atoms with E-state index >= 15 is 0 Å². The van der Waals surface area contributed by atoms with Gasteiger partial charge in [0.25, 0.3) is 11.8 Å². The van der Waals surface area contributed by atoms with Crippen LogP contribution in [0, 0.1) is 0 Å². The predicted octanol–water partition coefficient (Wildman–Crippen LogP) is 1.72. The van der Waals surface area contributed by atoms with Crippen LogP contribution in [-0.2, 0) is 11.2 Å². The fourth-order valence-corrected chi connectivity index (χ4v) is 2.81. The van der Waals surface area contributed by atoms with Crippen molar-refractivity contribution in [2.75, 3.05) is 27.3 Å². The van der Waals surface area contributed by atoms with Crippen molar-refractivity contribution < 1.29 is 19.0 Å². The molecule has 1 aromatic heterocycles. The molecule has 7 heteroatoms. The van der Waals surface area contributed by atoms with Crippen molar-refractivity contribution in [3.05, 3.63) is 42.2 Å². The van der Waals surface area contributed by atoms with Gasteiger partial charge >= 0.3 is 0 Å². The summed E-state index contributed by atoms with van der Waals surface area (Å²) in [6, 6.07) is 7.56. The Morgan fingerprint density at radius 1 is 1.20 bits per heavy atom. The zero-order chi connectivity index (χ0) is 17.6. The standard InChI is InChI=1S/C18H21N3O4/c1-23-14-5-3-4-13(10-14)11-16(22)21-9-6-15(12-21)25-18-17(24-2)19-7-8-20-18/h3-5,7-8,10,15H,6,9,11-12H2,1-2H3/t15-/m1/s1. The molecule has 0 spiro atoms. The van der Waals surface area contributed by atoms with Gasteiger partial charge in [0.05, 0.1) is 27.2 Å². The Hall–Kier alpha value is -2.83. The Labute approximate surface area is 146 Å². The van der Waals surface area contributed by atoms with Gasteiger partial charge < -0.3 is 19.1 Å². The molecular formula is C18H21N3O4. The lowest BCUT2D eigenvalue weighted by Gasteiger charge is -2.17. The molecule has 1 amide bonds. The Kier molecular flexibility index (Phi) is 5.33. The Morgan fingerprint density at radius 2 is 2.00 bits per heavy atom. The second-order valence-corrected chi connectivity index (χ2v) is 5.77. The summed E-state index contributed by atoms with van der Waals surface area (Å²) in [5, 5.41) is 0. The van der Waals surface area contributed by atoms with Crippen LogP contribution in [-0.4, -0.2) is 54.2 Å². The number of rotatable bonds is 6. The van der Waals surface area contributed by atoms with Gasteiger partial charge in [-0.05, 0) is 17.7 Å². The first-order chi connectivity index (χ1) is 12.2. The number of methoxy groups -OCH3 is 2. The molecule has 2 aromatic rings. The number of hydrogen-bond acceptors (Lipinski definition) is 6. The van der Waals surface area contributed by atoms with Gasteiger partial charge in [0.15, 0.2) is 0 Å². The van der Waals surface area contributed by atoms with Crippen LogP contribution in [0.1, 0.15) is 12.0 Å². The third-order valence-corrected chi connectivity index (χ3v) is 4.09. The van der Waals surface area contributed by atoms with Crippen molar-refractivity contribution in [1.29, 1.82) is 0 Å². The zero-order valence-electron chi connectivity index (χ0n) is 14.3. The van der Waals surface area contributed by atoms with Crippen LogP contribution in [0.25, 0.3) is 0 Å². The lowest BCUT2D eigenvalue weighted by molar-refractivity contribution is -0.129. The monoisotopic (exact) mass is 343 g/mol. The normalized spacial score (nSPS) is 16.6. The van der Waals surface area contributed by atoms with E-state index in [4.69, 9.17) is 14.2 Å². The average Bonchev–Trinajstić information content (AvgIpc) is 3.11. The molecule has 0 saturated carbocycles. The number of carbonyl (C=O) groups excluding carboxylic acids is 1. The minimum absolute atomic E-state index is 0.0745. The van der Waals surface area contributed by atoms with Crippen LogP contribution < -0.4 is 14.2 Å². The van der Waals surface area contributed by atoms with Crippen LogP contribution in [0.5, 0.6) is 17.5 Å². The van der Waals surface area contributed by atoms with Crippen molar-refractivity contribution in [3.8, 4) is 17.5 Å². The highest BCUT2D eigenvalue weighted by Gasteiger charge is 2.28. The van der Waals surface area contributed by atoms with E-state index in [9.17, 15) is 4.79 Å². The molecule has 1 aromatic carbocycles. The van der Waals surface area contributed by atoms with Crippen molar-refractivity contribution in [1.82, 2.24) is 14.9 Å². The molecule has 7 nitrogen and oxygen atoms in total. The summed E-state index contributed by atoms with van der Waals surface area (Å²) in [4.78, 5) is 22.5. The van der Waals surface area contributed by atoms with E-state index in [0.717, 1.165) is 17.7 Å². The molecule has 0 aliphatic carbocycles. The first-order valence-electron chi connectivity index (χ1n) is 8.12. The minimum atomic E-state index is -0.111. The zero-order valence-corrected chi connectivity index (χ0v) is 14.3. The largest absolute Gasteiger partial charge is 0.497 e. The van der Waals surface area contributed by atoms with E-state index in [1.54, 1.807) is 19.5 Å². The molecule has 3 rings (SSSR count). The molecule has 0 unspecified atom stereocenters. The van der Waals surface area contributed by atoms with Crippen LogP contribution in [0.2, 0.25) is 0 Å². The maximum atomic E-state index is 12.5. The van der Waals surface area contributed by atoms with Crippen molar-refractivity contribution in [2.45, 2.75) is 18.9 Å². The maximum Gasteiger partial charge on any atom is 0.278 e. The summed E-state index contributed by atoms with van der Waals surface area (Å²) >= 11 is 0. The molecule has 1 atom stereocenters. The van der Waals surface area contributed by atoms with Gasteiger partial charge in [-0.2, -0.15) is 0 Å². The van der Waals surface area contributed by atoms with Gasteiger partial charge in [-0.1, -0.05) is 12.1 Å². The summed E-state index contributed by atoms with van der Waals surface area (Å²) in [6.07, 6.45) is 4.09. The molecule has 1 fully saturated rings. The number of likely N-dealkylation sites (tertiary alicyclic amines) is 1. The van der Waals surface area contributed by atoms with Gasteiger partial charge in [-0.15, -0.1) is 0 Å². The van der Waals surface area contributed by atoms with Gasteiger partial charge in [-0.25, -0.2) is 9.97 Å². The quantitative estimate of drug-likeness (QED) is 0.795. The Morgan fingerprint density at radius 3 is 2.76 bits per heavy atom. The summed E-state index contributed by atoms with van der Waals surface area (Å²) in [5.41, 5.74) is 0.935. The molecule has 0 radical (unpaired) electrons. The number of ether oxygens (including phenoxy) is 3. The highest BCUT2D eigenvalue weighted by atomic mass is 16.5. The van der Waals surface area contributed by atoms with E-state index in [0.29, 0.717) is 31.3 Å². The number of aromatic nitrogens is 2. The molecule has 2 heterocycles. The van der Waals surface area contributed by atoms with Gasteiger partial charge in [0.2, 0.25) is 5.91 Å². The second-order valence-electron chi connectivity index (χ2n) is 5.77. The van der Waals surface area contributed by atoms with Crippen molar-refractivity contribution in [2.24, 2.45) is 0 Å². The summed E-state index contributed by atoms with van der Waals surface area (Å²) in [5.74, 6) is 1.54. The third kappa shape index (κ3) is 4.17. The lowest BCUT2D eigenvalue weighted by Crippen LogP contribution is -2.32. The average molecular weight is 343 g/mol. The van der Waals surface area contributed by atoms with E-state index in [1.165, 1.54) is 7.11 Å². The summed E-state index contributed by atoms with van der Waals surface area (Å²) in [6.45, 7) is 1.19. The van der Waals surface area contributed by atoms with E-state index < -0.39 is 0 Å². The molecular weight excluding hydrogens is 322 g/mol. The van der Waals surface area contributed by atoms with Crippen molar-refractivity contribution >= 4 is 5.91 Å². The molecule has 1 aliphatic heterocycles. The SMILES string of the molecule is COc1cccc(CC(=O)N2CC[C@@H](Oc3nccnc3OC)C2)c1.